The first-order chi connectivity index (χ1) is 13.3. The number of hydrogen-bond donors (Lipinski definition) is 0. The van der Waals surface area contributed by atoms with E-state index < -0.39 is 23.2 Å². The number of carbonyl (C=O) groups excluding carboxylic acids is 3. The molecule has 3 rings (SSSR count). The summed E-state index contributed by atoms with van der Waals surface area (Å²) < 4.78 is 10.7. The number of furan rings is 1. The van der Waals surface area contributed by atoms with Crippen LogP contribution in [-0.2, 0) is 14.3 Å². The number of aryl methyl sites for hydroxylation is 1. The van der Waals surface area contributed by atoms with E-state index in [1.54, 1.807) is 31.2 Å². The van der Waals surface area contributed by atoms with Gasteiger partial charge in [0.15, 0.2) is 0 Å². The lowest BCUT2D eigenvalue weighted by atomic mass is 10.1. The quantitative estimate of drug-likeness (QED) is 0.507. The van der Waals surface area contributed by atoms with Crippen molar-refractivity contribution in [1.29, 1.82) is 0 Å². The van der Waals surface area contributed by atoms with Gasteiger partial charge in [0.05, 0.1) is 11.5 Å². The van der Waals surface area contributed by atoms with Gasteiger partial charge in [-0.3, -0.25) is 14.5 Å². The van der Waals surface area contributed by atoms with Crippen LogP contribution in [0.1, 0.15) is 25.2 Å². The van der Waals surface area contributed by atoms with Crippen molar-refractivity contribution >= 4 is 46.6 Å². The molecule has 0 aliphatic carbocycles. The summed E-state index contributed by atoms with van der Waals surface area (Å²) in [6.07, 6.45) is 1.49. The Morgan fingerprint density at radius 3 is 2.79 bits per heavy atom. The number of hydrogen-bond acceptors (Lipinski definition) is 6. The van der Waals surface area contributed by atoms with Crippen LogP contribution in [0.4, 0.5) is 4.79 Å². The highest BCUT2D eigenvalue weighted by atomic mass is 35.5. The molecule has 0 saturated carbocycles. The molecule has 1 aliphatic rings. The Balaban J connectivity index is 1.84. The molecule has 1 saturated heterocycles. The summed E-state index contributed by atoms with van der Waals surface area (Å²) in [4.78, 5) is 37.8. The zero-order chi connectivity index (χ0) is 20.4. The SMILES string of the molecule is CCOC(=O)[C@@H](C)N1C(=O)S/C(=C/c2ccc(-c3cc(Cl)ccc3C)o2)C1=O. The van der Waals surface area contributed by atoms with E-state index in [-0.39, 0.29) is 11.5 Å². The Hall–Kier alpha value is -2.51. The van der Waals surface area contributed by atoms with Crippen molar-refractivity contribution in [3.05, 3.63) is 51.6 Å². The van der Waals surface area contributed by atoms with Gasteiger partial charge in [-0.1, -0.05) is 17.7 Å². The molecule has 1 aliphatic heterocycles. The van der Waals surface area contributed by atoms with Crippen molar-refractivity contribution in [2.45, 2.75) is 26.8 Å². The lowest BCUT2D eigenvalue weighted by Crippen LogP contribution is -2.42. The van der Waals surface area contributed by atoms with Gasteiger partial charge < -0.3 is 9.15 Å². The summed E-state index contributed by atoms with van der Waals surface area (Å²) in [6.45, 7) is 5.24. The average molecular weight is 420 g/mol. The fourth-order valence-electron chi connectivity index (χ4n) is 2.75. The van der Waals surface area contributed by atoms with Gasteiger partial charge >= 0.3 is 5.97 Å². The molecule has 1 atom stereocenters. The first-order valence-electron chi connectivity index (χ1n) is 8.62. The number of rotatable bonds is 5. The number of ether oxygens (including phenoxy) is 1. The Morgan fingerprint density at radius 2 is 2.07 bits per heavy atom. The van der Waals surface area contributed by atoms with Crippen LogP contribution in [0, 0.1) is 6.92 Å². The molecule has 28 heavy (non-hydrogen) atoms. The van der Waals surface area contributed by atoms with Gasteiger partial charge in [0.1, 0.15) is 17.6 Å². The number of benzene rings is 1. The molecular formula is C20H18ClNO5S. The third-order valence-electron chi connectivity index (χ3n) is 4.20. The summed E-state index contributed by atoms with van der Waals surface area (Å²) in [5.74, 6) is -0.149. The van der Waals surface area contributed by atoms with Gasteiger partial charge in [-0.05, 0) is 62.4 Å². The monoisotopic (exact) mass is 419 g/mol. The van der Waals surface area contributed by atoms with E-state index in [4.69, 9.17) is 20.8 Å². The van der Waals surface area contributed by atoms with E-state index in [9.17, 15) is 14.4 Å². The third kappa shape index (κ3) is 4.00. The van der Waals surface area contributed by atoms with E-state index in [0.29, 0.717) is 16.5 Å². The fraction of sp³-hybridized carbons (Fsp3) is 0.250. The van der Waals surface area contributed by atoms with Crippen LogP contribution in [0.25, 0.3) is 17.4 Å². The molecular weight excluding hydrogens is 402 g/mol. The van der Waals surface area contributed by atoms with Crippen LogP contribution in [0.3, 0.4) is 0 Å². The standard InChI is InChI=1S/C20H18ClNO5S/c1-4-26-19(24)12(3)22-18(23)17(28-20(22)25)10-14-7-8-16(27-14)15-9-13(21)6-5-11(15)2/h5-10,12H,4H2,1-3H3/b17-10+/t12-/m1/s1. The maximum atomic E-state index is 12.6. The minimum Gasteiger partial charge on any atom is -0.464 e. The average Bonchev–Trinajstić information content (AvgIpc) is 3.21. The van der Waals surface area contributed by atoms with Crippen LogP contribution in [0.5, 0.6) is 0 Å². The molecule has 0 N–H and O–H groups in total. The largest absolute Gasteiger partial charge is 0.464 e. The van der Waals surface area contributed by atoms with E-state index in [1.807, 2.05) is 13.0 Å². The van der Waals surface area contributed by atoms with E-state index in [1.165, 1.54) is 13.0 Å². The molecule has 2 amide bonds. The van der Waals surface area contributed by atoms with Gasteiger partial charge in [0.2, 0.25) is 0 Å². The maximum absolute atomic E-state index is 12.6. The van der Waals surface area contributed by atoms with Crippen LogP contribution < -0.4 is 0 Å². The van der Waals surface area contributed by atoms with Crippen LogP contribution >= 0.6 is 23.4 Å². The molecule has 0 radical (unpaired) electrons. The highest BCUT2D eigenvalue weighted by Gasteiger charge is 2.41. The van der Waals surface area contributed by atoms with Crippen molar-refractivity contribution in [1.82, 2.24) is 4.90 Å². The van der Waals surface area contributed by atoms with E-state index >= 15 is 0 Å². The number of thioether (sulfide) groups is 1. The van der Waals surface area contributed by atoms with Gasteiger partial charge in [-0.2, -0.15) is 0 Å². The first-order valence-corrected chi connectivity index (χ1v) is 9.81. The number of imide groups is 1. The van der Waals surface area contributed by atoms with Crippen molar-refractivity contribution in [2.75, 3.05) is 6.61 Å². The summed E-state index contributed by atoms with van der Waals surface area (Å²) in [5.41, 5.74) is 1.84. The molecule has 8 heteroatoms. The predicted octanol–water partition coefficient (Wildman–Crippen LogP) is 4.90. The Morgan fingerprint density at radius 1 is 1.32 bits per heavy atom. The van der Waals surface area contributed by atoms with E-state index in [0.717, 1.165) is 27.8 Å². The first kappa shape index (κ1) is 20.2. The van der Waals surface area contributed by atoms with Crippen LogP contribution in [0.2, 0.25) is 5.02 Å². The van der Waals surface area contributed by atoms with Crippen molar-refractivity contribution in [3.8, 4) is 11.3 Å². The highest BCUT2D eigenvalue weighted by Crippen LogP contribution is 2.35. The van der Waals surface area contributed by atoms with Gasteiger partial charge in [0, 0.05) is 16.7 Å². The molecule has 1 fully saturated rings. The number of esters is 1. The third-order valence-corrected chi connectivity index (χ3v) is 5.32. The molecule has 0 unspecified atom stereocenters. The van der Waals surface area contributed by atoms with Crippen molar-refractivity contribution in [3.63, 3.8) is 0 Å². The number of carbonyl (C=O) groups is 3. The second kappa shape index (κ2) is 8.24. The number of halogens is 1. The molecule has 6 nitrogen and oxygen atoms in total. The minimum absolute atomic E-state index is 0.174. The predicted molar refractivity (Wildman–Crippen MR) is 108 cm³/mol. The summed E-state index contributed by atoms with van der Waals surface area (Å²) in [5, 5.41) is 0.0712. The molecule has 2 heterocycles. The smallest absolute Gasteiger partial charge is 0.329 e. The topological polar surface area (TPSA) is 76.8 Å². The second-order valence-corrected chi connectivity index (χ2v) is 7.57. The lowest BCUT2D eigenvalue weighted by molar-refractivity contribution is -0.150. The van der Waals surface area contributed by atoms with Gasteiger partial charge in [-0.25, -0.2) is 4.79 Å². The van der Waals surface area contributed by atoms with Gasteiger partial charge in [-0.15, -0.1) is 0 Å². The van der Waals surface area contributed by atoms with Crippen LogP contribution in [-0.4, -0.2) is 34.7 Å². The highest BCUT2D eigenvalue weighted by molar-refractivity contribution is 8.18. The summed E-state index contributed by atoms with van der Waals surface area (Å²) >= 11 is 6.82. The Kier molecular flexibility index (Phi) is 5.96. The molecule has 1 aromatic heterocycles. The fourth-order valence-corrected chi connectivity index (χ4v) is 3.81. The van der Waals surface area contributed by atoms with Gasteiger partial charge in [0.25, 0.3) is 11.1 Å². The van der Waals surface area contributed by atoms with Crippen molar-refractivity contribution in [2.24, 2.45) is 0 Å². The number of nitrogens with zero attached hydrogens (tertiary/aromatic N) is 1. The Bertz CT molecular complexity index is 981. The molecule has 146 valence electrons. The van der Waals surface area contributed by atoms with E-state index in [2.05, 4.69) is 0 Å². The molecule has 2 aromatic rings. The summed E-state index contributed by atoms with van der Waals surface area (Å²) in [6, 6.07) is 7.98. The maximum Gasteiger partial charge on any atom is 0.329 e. The zero-order valence-electron chi connectivity index (χ0n) is 15.5. The summed E-state index contributed by atoms with van der Waals surface area (Å²) in [7, 11) is 0. The zero-order valence-corrected chi connectivity index (χ0v) is 17.1. The molecule has 0 bridgehead atoms. The lowest BCUT2D eigenvalue weighted by Gasteiger charge is -2.19. The Labute approximate surface area is 171 Å². The minimum atomic E-state index is -0.986. The number of amides is 2. The van der Waals surface area contributed by atoms with Crippen LogP contribution in [0.15, 0.2) is 39.7 Å². The normalized spacial score (nSPS) is 16.7. The molecule has 0 spiro atoms. The molecule has 1 aromatic carbocycles. The van der Waals surface area contributed by atoms with Crippen molar-refractivity contribution < 1.29 is 23.5 Å². The second-order valence-electron chi connectivity index (χ2n) is 6.14.